The first-order valence-corrected chi connectivity index (χ1v) is 11.6. The van der Waals surface area contributed by atoms with Gasteiger partial charge >= 0.3 is 0 Å². The van der Waals surface area contributed by atoms with E-state index in [-0.39, 0.29) is 11.2 Å². The predicted octanol–water partition coefficient (Wildman–Crippen LogP) is 6.41. The maximum Gasteiger partial charge on any atom is 0.100 e. The van der Waals surface area contributed by atoms with Crippen LogP contribution in [0.2, 0.25) is 5.82 Å². The van der Waals surface area contributed by atoms with E-state index in [0.717, 1.165) is 29.7 Å². The Morgan fingerprint density at radius 3 is 2.76 bits per heavy atom. The number of benzene rings is 1. The van der Waals surface area contributed by atoms with Crippen LogP contribution in [0, 0.1) is 28.6 Å². The first-order chi connectivity index (χ1) is 14.0. The number of hydrogen-bond donors (Lipinski definition) is 0. The molecule has 2 radical (unpaired) electrons. The van der Waals surface area contributed by atoms with E-state index in [0.29, 0.717) is 5.41 Å². The van der Waals surface area contributed by atoms with Crippen molar-refractivity contribution >= 4 is 24.6 Å². The molecule has 6 atom stereocenters. The molecule has 4 unspecified atom stereocenters. The van der Waals surface area contributed by atoms with Crippen molar-refractivity contribution in [2.24, 2.45) is 28.6 Å². The van der Waals surface area contributed by atoms with E-state index in [2.05, 4.69) is 66.1 Å². The monoisotopic (exact) mass is 382 g/mol. The first kappa shape index (κ1) is 18.0. The third-order valence-corrected chi connectivity index (χ3v) is 9.40. The highest BCUT2D eigenvalue weighted by molar-refractivity contribution is 6.13. The third-order valence-electron chi connectivity index (χ3n) is 9.40. The fourth-order valence-electron chi connectivity index (χ4n) is 7.82. The molecule has 2 saturated carbocycles. The fourth-order valence-corrected chi connectivity index (χ4v) is 7.82. The second-order valence-corrected chi connectivity index (χ2v) is 10.6. The van der Waals surface area contributed by atoms with Crippen LogP contribution in [0.5, 0.6) is 0 Å². The van der Waals surface area contributed by atoms with Crippen LogP contribution in [0.3, 0.4) is 0 Å². The van der Waals surface area contributed by atoms with E-state index >= 15 is 0 Å². The number of hydrogen-bond acceptors (Lipinski definition) is 1. The minimum atomic E-state index is 0.271. The molecule has 1 aromatic heterocycles. The second kappa shape index (κ2) is 6.12. The topological polar surface area (TPSA) is 17.8 Å². The van der Waals surface area contributed by atoms with E-state index in [1.54, 1.807) is 5.57 Å². The van der Waals surface area contributed by atoms with Gasteiger partial charge in [-0.2, -0.15) is 0 Å². The number of aromatic nitrogens is 2. The molecule has 0 amide bonds. The van der Waals surface area contributed by atoms with E-state index in [1.165, 1.54) is 49.7 Å². The Hall–Kier alpha value is -1.77. The van der Waals surface area contributed by atoms with Crippen molar-refractivity contribution in [3.63, 3.8) is 0 Å². The van der Waals surface area contributed by atoms with Crippen LogP contribution in [0.1, 0.15) is 58.8 Å². The predicted molar refractivity (Wildman–Crippen MR) is 121 cm³/mol. The Bertz CT molecular complexity index is 1030. The van der Waals surface area contributed by atoms with Crippen molar-refractivity contribution in [3.8, 4) is 0 Å². The fraction of sp³-hybridized carbons (Fsp3) is 0.577. The maximum atomic E-state index is 6.30. The number of fused-ring (bicyclic) bond motifs is 6. The van der Waals surface area contributed by atoms with Gasteiger partial charge in [-0.15, -0.1) is 0 Å². The lowest BCUT2D eigenvalue weighted by Gasteiger charge is -2.58. The summed E-state index contributed by atoms with van der Waals surface area (Å²) < 4.78 is 2.39. The largest absolute Gasteiger partial charge is 0.302 e. The zero-order valence-electron chi connectivity index (χ0n) is 17.8. The van der Waals surface area contributed by atoms with Crippen molar-refractivity contribution < 1.29 is 0 Å². The smallest absolute Gasteiger partial charge is 0.100 e. The zero-order chi connectivity index (χ0) is 19.8. The molecule has 0 bridgehead atoms. The molecule has 2 fully saturated rings. The molecule has 1 heterocycles. The van der Waals surface area contributed by atoms with Gasteiger partial charge in [0, 0.05) is 11.1 Å². The Kier molecular flexibility index (Phi) is 3.81. The zero-order valence-corrected chi connectivity index (χ0v) is 17.8. The average molecular weight is 382 g/mol. The summed E-state index contributed by atoms with van der Waals surface area (Å²) in [7, 11) is 6.30. The van der Waals surface area contributed by atoms with Crippen LogP contribution in [-0.4, -0.2) is 17.4 Å². The van der Waals surface area contributed by atoms with Gasteiger partial charge in [0.05, 0.1) is 18.9 Å². The summed E-state index contributed by atoms with van der Waals surface area (Å²) in [6.07, 6.45) is 16.0. The average Bonchev–Trinajstić information content (AvgIpc) is 3.29. The summed E-state index contributed by atoms with van der Waals surface area (Å²) in [5.74, 6) is 2.73. The van der Waals surface area contributed by atoms with Gasteiger partial charge in [0.1, 0.15) is 6.33 Å². The standard InChI is InChI=1S/C26H31BN2/c1-25-13-11-18(27)15-17(25)7-8-19-20-9-10-24(26(20,2)14-12-21(19)25)29-16-28-22-5-3-4-6-23(22)29/h3-6,10,15-16,18-21H,7-9,11-14H2,1-2H3/t18?,19?,20?,21?,25-,26-/m0/s1. The Labute approximate surface area is 175 Å². The number of nitrogens with zero attached hydrogens (tertiary/aromatic N) is 2. The van der Waals surface area contributed by atoms with E-state index < -0.39 is 0 Å². The van der Waals surface area contributed by atoms with Crippen LogP contribution in [0.15, 0.2) is 48.3 Å². The summed E-state index contributed by atoms with van der Waals surface area (Å²) in [5, 5.41) is 0. The lowest BCUT2D eigenvalue weighted by atomic mass is 9.46. The second-order valence-electron chi connectivity index (χ2n) is 10.6. The normalized spacial score (nSPS) is 41.3. The molecule has 4 aliphatic carbocycles. The molecule has 6 rings (SSSR count). The highest BCUT2D eigenvalue weighted by Crippen LogP contribution is 2.66. The Morgan fingerprint density at radius 2 is 1.86 bits per heavy atom. The molecule has 4 aliphatic rings. The quantitative estimate of drug-likeness (QED) is 0.412. The van der Waals surface area contributed by atoms with Gasteiger partial charge in [0.25, 0.3) is 0 Å². The molecule has 0 aliphatic heterocycles. The molecule has 3 heteroatoms. The van der Waals surface area contributed by atoms with Crippen molar-refractivity contribution in [1.29, 1.82) is 0 Å². The molecule has 148 valence electrons. The molecule has 0 N–H and O–H groups in total. The lowest BCUT2D eigenvalue weighted by molar-refractivity contribution is -0.0231. The first-order valence-electron chi connectivity index (χ1n) is 11.6. The van der Waals surface area contributed by atoms with Crippen LogP contribution >= 0.6 is 0 Å². The summed E-state index contributed by atoms with van der Waals surface area (Å²) >= 11 is 0. The van der Waals surface area contributed by atoms with Gasteiger partial charge in [-0.25, -0.2) is 4.98 Å². The summed E-state index contributed by atoms with van der Waals surface area (Å²) in [6.45, 7) is 5.11. The van der Waals surface area contributed by atoms with Crippen molar-refractivity contribution in [1.82, 2.24) is 9.55 Å². The van der Waals surface area contributed by atoms with Crippen LogP contribution in [-0.2, 0) is 0 Å². The summed E-state index contributed by atoms with van der Waals surface area (Å²) in [6, 6.07) is 8.57. The van der Waals surface area contributed by atoms with Crippen molar-refractivity contribution in [3.05, 3.63) is 48.3 Å². The summed E-state index contributed by atoms with van der Waals surface area (Å²) in [4.78, 5) is 4.69. The van der Waals surface area contributed by atoms with Crippen LogP contribution in [0.25, 0.3) is 16.7 Å². The highest BCUT2D eigenvalue weighted by Gasteiger charge is 2.57. The van der Waals surface area contributed by atoms with Gasteiger partial charge in [0.15, 0.2) is 0 Å². The van der Waals surface area contributed by atoms with Crippen molar-refractivity contribution in [2.45, 2.75) is 64.6 Å². The molecular formula is C26H31BN2. The molecule has 29 heavy (non-hydrogen) atoms. The lowest BCUT2D eigenvalue weighted by Crippen LogP contribution is -2.49. The van der Waals surface area contributed by atoms with E-state index in [1.807, 2.05) is 0 Å². The SMILES string of the molecule is [B]C1C=C2CCC3C(CC[C@]4(C)C(n5cnc6ccccc65)=CCC34)[C@@]2(C)CC1. The number of allylic oxidation sites excluding steroid dienone is 4. The van der Waals surface area contributed by atoms with E-state index in [9.17, 15) is 0 Å². The molecule has 0 spiro atoms. The highest BCUT2D eigenvalue weighted by atomic mass is 15.1. The third kappa shape index (κ3) is 2.39. The molecule has 1 aromatic carbocycles. The minimum absolute atomic E-state index is 0.271. The van der Waals surface area contributed by atoms with Crippen molar-refractivity contribution in [2.75, 3.05) is 0 Å². The molecule has 2 aromatic rings. The van der Waals surface area contributed by atoms with Gasteiger partial charge in [-0.05, 0) is 73.8 Å². The minimum Gasteiger partial charge on any atom is -0.302 e. The summed E-state index contributed by atoms with van der Waals surface area (Å²) in [5.41, 5.74) is 6.22. The van der Waals surface area contributed by atoms with Crippen LogP contribution < -0.4 is 0 Å². The molecule has 2 nitrogen and oxygen atoms in total. The maximum absolute atomic E-state index is 6.30. The Balaban J connectivity index is 1.36. The van der Waals surface area contributed by atoms with Gasteiger partial charge < -0.3 is 4.57 Å². The number of para-hydroxylation sites is 2. The molecular weight excluding hydrogens is 351 g/mol. The van der Waals surface area contributed by atoms with Gasteiger partial charge in [0.2, 0.25) is 0 Å². The molecule has 0 saturated heterocycles. The van der Waals surface area contributed by atoms with Crippen LogP contribution in [0.4, 0.5) is 0 Å². The van der Waals surface area contributed by atoms with Gasteiger partial charge in [-0.1, -0.05) is 55.9 Å². The van der Waals surface area contributed by atoms with Gasteiger partial charge in [-0.3, -0.25) is 0 Å². The Morgan fingerprint density at radius 1 is 1.03 bits per heavy atom. The number of rotatable bonds is 1. The number of imidazole rings is 1. The van der Waals surface area contributed by atoms with E-state index in [4.69, 9.17) is 7.85 Å².